The molecule has 1 aromatic rings. The van der Waals surface area contributed by atoms with E-state index in [9.17, 15) is 0 Å². The van der Waals surface area contributed by atoms with Crippen LogP contribution < -0.4 is 0 Å². The van der Waals surface area contributed by atoms with Crippen molar-refractivity contribution in [3.05, 3.63) is 42.0 Å². The van der Waals surface area contributed by atoms with Crippen molar-refractivity contribution in [3.8, 4) is 0 Å². The number of rotatable bonds is 1. The monoisotopic (exact) mass is 164 g/mol. The minimum atomic E-state index is 0. The van der Waals surface area contributed by atoms with Crippen molar-refractivity contribution in [1.82, 2.24) is 0 Å². The van der Waals surface area contributed by atoms with Crippen LogP contribution in [0.1, 0.15) is 33.8 Å². The van der Waals surface area contributed by atoms with Gasteiger partial charge in [0.15, 0.2) is 0 Å². The van der Waals surface area contributed by atoms with Crippen molar-refractivity contribution in [2.45, 2.75) is 28.2 Å². The second kappa shape index (κ2) is 9.96. The van der Waals surface area contributed by atoms with E-state index in [1.54, 1.807) is 0 Å². The highest BCUT2D eigenvalue weighted by Crippen LogP contribution is 1.99. The average Bonchev–Trinajstić information content (AvgIpc) is 2.11. The molecular formula is C12H20. The fourth-order valence-corrected chi connectivity index (χ4v) is 0.757. The van der Waals surface area contributed by atoms with E-state index in [0.29, 0.717) is 0 Å². The van der Waals surface area contributed by atoms with Gasteiger partial charge in [0.2, 0.25) is 0 Å². The zero-order valence-corrected chi connectivity index (χ0v) is 7.54. The van der Waals surface area contributed by atoms with Crippen LogP contribution in [0.4, 0.5) is 0 Å². The molecule has 0 aliphatic rings. The number of benzene rings is 1. The van der Waals surface area contributed by atoms with Gasteiger partial charge in [-0.3, -0.25) is 0 Å². The lowest BCUT2D eigenvalue weighted by molar-refractivity contribution is 1.50. The van der Waals surface area contributed by atoms with Crippen LogP contribution in [0.3, 0.4) is 0 Å². The molecule has 0 heterocycles. The van der Waals surface area contributed by atoms with E-state index in [1.807, 2.05) is 45.0 Å². The fraction of sp³-hybridized carbons (Fsp3) is 0.333. The van der Waals surface area contributed by atoms with Gasteiger partial charge in [0, 0.05) is 0 Å². The average molecular weight is 164 g/mol. The third kappa shape index (κ3) is 5.72. The van der Waals surface area contributed by atoms with Gasteiger partial charge < -0.3 is 0 Å². The highest BCUT2D eigenvalue weighted by molar-refractivity contribution is 5.47. The van der Waals surface area contributed by atoms with Crippen LogP contribution >= 0.6 is 0 Å². The van der Waals surface area contributed by atoms with Crippen LogP contribution in [0.5, 0.6) is 0 Å². The Bertz CT molecular complexity index is 184. The van der Waals surface area contributed by atoms with E-state index in [0.717, 1.165) is 0 Å². The van der Waals surface area contributed by atoms with E-state index in [4.69, 9.17) is 0 Å². The Hall–Kier alpha value is -1.04. The molecule has 68 valence electrons. The van der Waals surface area contributed by atoms with Crippen LogP contribution in [0.15, 0.2) is 36.4 Å². The van der Waals surface area contributed by atoms with E-state index in [2.05, 4.69) is 18.2 Å². The van der Waals surface area contributed by atoms with Crippen LogP contribution in [-0.2, 0) is 0 Å². The summed E-state index contributed by atoms with van der Waals surface area (Å²) in [6, 6.07) is 10.3. The fourth-order valence-electron chi connectivity index (χ4n) is 0.757. The maximum atomic E-state index is 2.08. The first-order chi connectivity index (χ1) is 5.43. The smallest absolute Gasteiger partial charge is 0.0260 e. The van der Waals surface area contributed by atoms with Gasteiger partial charge in [0.05, 0.1) is 0 Å². The van der Waals surface area contributed by atoms with Crippen molar-refractivity contribution in [3.63, 3.8) is 0 Å². The van der Waals surface area contributed by atoms with Gasteiger partial charge in [-0.2, -0.15) is 0 Å². The Morgan fingerprint density at radius 1 is 1.00 bits per heavy atom. The second-order valence-electron chi connectivity index (χ2n) is 1.91. The second-order valence-corrected chi connectivity index (χ2v) is 1.91. The first-order valence-electron chi connectivity index (χ1n) is 4.11. The molecule has 0 unspecified atom stereocenters. The molecule has 0 aliphatic carbocycles. The first-order valence-corrected chi connectivity index (χ1v) is 4.11. The summed E-state index contributed by atoms with van der Waals surface area (Å²) >= 11 is 0. The maximum absolute atomic E-state index is 2.08. The van der Waals surface area contributed by atoms with Crippen molar-refractivity contribution in [2.75, 3.05) is 0 Å². The highest BCUT2D eigenvalue weighted by atomic mass is 13.8. The molecule has 0 nitrogen and oxygen atoms in total. The van der Waals surface area contributed by atoms with Crippen LogP contribution in [0.2, 0.25) is 0 Å². The minimum Gasteiger partial charge on any atom is -0.0871 e. The summed E-state index contributed by atoms with van der Waals surface area (Å²) in [4.78, 5) is 0. The summed E-state index contributed by atoms with van der Waals surface area (Å²) in [6.45, 7) is 6.02. The Kier molecular flexibility index (Phi) is 11.2. The summed E-state index contributed by atoms with van der Waals surface area (Å²) < 4.78 is 0. The summed E-state index contributed by atoms with van der Waals surface area (Å²) in [6.07, 6.45) is 4.12. The third-order valence-electron chi connectivity index (χ3n) is 1.16. The van der Waals surface area contributed by atoms with Crippen LogP contribution in [0.25, 0.3) is 6.08 Å². The topological polar surface area (TPSA) is 0 Å². The zero-order valence-electron chi connectivity index (χ0n) is 7.54. The number of allylic oxidation sites excluding steroid dienone is 1. The van der Waals surface area contributed by atoms with Crippen LogP contribution in [0, 0.1) is 0 Å². The molecule has 1 aromatic carbocycles. The lowest BCUT2D eigenvalue weighted by Gasteiger charge is -1.86. The van der Waals surface area contributed by atoms with Gasteiger partial charge in [0.25, 0.3) is 0 Å². The van der Waals surface area contributed by atoms with E-state index >= 15 is 0 Å². The molecule has 0 radical (unpaired) electrons. The molecule has 0 amide bonds. The van der Waals surface area contributed by atoms with Gasteiger partial charge in [-0.1, -0.05) is 63.8 Å². The van der Waals surface area contributed by atoms with Crippen LogP contribution in [-0.4, -0.2) is 0 Å². The van der Waals surface area contributed by atoms with Crippen molar-refractivity contribution >= 4 is 6.08 Å². The summed E-state index contributed by atoms with van der Waals surface area (Å²) in [7, 11) is 0. The van der Waals surface area contributed by atoms with E-state index in [-0.39, 0.29) is 7.43 Å². The van der Waals surface area contributed by atoms with Crippen molar-refractivity contribution in [1.29, 1.82) is 0 Å². The molecule has 0 bridgehead atoms. The first kappa shape index (κ1) is 13.5. The Morgan fingerprint density at radius 3 is 1.92 bits per heavy atom. The predicted octanol–water partition coefficient (Wildman–Crippen LogP) is 4.38. The predicted molar refractivity (Wildman–Crippen MR) is 59.2 cm³/mol. The molecule has 0 N–H and O–H groups in total. The lowest BCUT2D eigenvalue weighted by Crippen LogP contribution is -1.65. The molecule has 0 spiro atoms. The van der Waals surface area contributed by atoms with E-state index in [1.165, 1.54) is 5.56 Å². The largest absolute Gasteiger partial charge is 0.0871 e. The van der Waals surface area contributed by atoms with Crippen molar-refractivity contribution < 1.29 is 0 Å². The lowest BCUT2D eigenvalue weighted by atomic mass is 10.2. The molecule has 0 aromatic heterocycles. The quantitative estimate of drug-likeness (QED) is 0.577. The SMILES string of the molecule is C.C/C=C/c1ccccc1.CC. The molecule has 0 fully saturated rings. The van der Waals surface area contributed by atoms with Gasteiger partial charge in [-0.25, -0.2) is 0 Å². The molecule has 1 rings (SSSR count). The maximum Gasteiger partial charge on any atom is -0.0260 e. The highest BCUT2D eigenvalue weighted by Gasteiger charge is 1.77. The Balaban J connectivity index is 0. The zero-order chi connectivity index (χ0) is 8.53. The molecule has 0 atom stereocenters. The normalized spacial score (nSPS) is 8.25. The van der Waals surface area contributed by atoms with Gasteiger partial charge in [-0.05, 0) is 12.5 Å². The summed E-state index contributed by atoms with van der Waals surface area (Å²) in [5.41, 5.74) is 1.26. The number of hydrogen-bond acceptors (Lipinski definition) is 0. The molecule has 0 saturated heterocycles. The van der Waals surface area contributed by atoms with E-state index < -0.39 is 0 Å². The molecular weight excluding hydrogens is 144 g/mol. The molecule has 12 heavy (non-hydrogen) atoms. The Morgan fingerprint density at radius 2 is 1.50 bits per heavy atom. The standard InChI is InChI=1S/C9H10.C2H6.CH4/c1-2-6-9-7-4-3-5-8-9;1-2;/h2-8H,1H3;1-2H3;1H4/b6-2+;;. The Labute approximate surface area is 76.9 Å². The molecule has 0 aliphatic heterocycles. The number of hydrogen-bond donors (Lipinski definition) is 0. The van der Waals surface area contributed by atoms with Gasteiger partial charge >= 0.3 is 0 Å². The summed E-state index contributed by atoms with van der Waals surface area (Å²) in [5.74, 6) is 0. The third-order valence-corrected chi connectivity index (χ3v) is 1.16. The molecule has 0 heteroatoms. The van der Waals surface area contributed by atoms with Crippen molar-refractivity contribution in [2.24, 2.45) is 0 Å². The minimum absolute atomic E-state index is 0. The van der Waals surface area contributed by atoms with Gasteiger partial charge in [-0.15, -0.1) is 0 Å². The molecule has 0 saturated carbocycles. The van der Waals surface area contributed by atoms with Gasteiger partial charge in [0.1, 0.15) is 0 Å². The summed E-state index contributed by atoms with van der Waals surface area (Å²) in [5, 5.41) is 0.